The summed E-state index contributed by atoms with van der Waals surface area (Å²) in [5, 5.41) is 3.03. The SMILES string of the molecule is CC1CC(C)(C)CC2(C1)NC(=O)N(CN1CCOC(c3ccc(F)cc3)C1)C2=O. The first-order valence-corrected chi connectivity index (χ1v) is 10.4. The lowest BCUT2D eigenvalue weighted by molar-refractivity contribution is -0.137. The van der Waals surface area contributed by atoms with Gasteiger partial charge in [0.15, 0.2) is 0 Å². The van der Waals surface area contributed by atoms with Crippen molar-refractivity contribution in [2.75, 3.05) is 26.4 Å². The predicted octanol–water partition coefficient (Wildman–Crippen LogP) is 3.29. The third-order valence-electron chi connectivity index (χ3n) is 6.36. The molecule has 3 unspecified atom stereocenters. The number of nitrogens with zero attached hydrogens (tertiary/aromatic N) is 2. The van der Waals surface area contributed by atoms with E-state index in [0.717, 1.165) is 12.0 Å². The van der Waals surface area contributed by atoms with Crippen LogP contribution in [0, 0.1) is 17.2 Å². The quantitative estimate of drug-likeness (QED) is 0.787. The number of amides is 3. The highest BCUT2D eigenvalue weighted by Gasteiger charge is 2.56. The van der Waals surface area contributed by atoms with Crippen LogP contribution in [0.5, 0.6) is 0 Å². The van der Waals surface area contributed by atoms with E-state index in [1.807, 2.05) is 0 Å². The monoisotopic (exact) mass is 403 g/mol. The number of halogens is 1. The van der Waals surface area contributed by atoms with E-state index < -0.39 is 5.54 Å². The zero-order valence-electron chi connectivity index (χ0n) is 17.4. The van der Waals surface area contributed by atoms with Crippen molar-refractivity contribution in [3.05, 3.63) is 35.6 Å². The Morgan fingerprint density at radius 3 is 2.62 bits per heavy atom. The maximum Gasteiger partial charge on any atom is 0.326 e. The number of carbonyl (C=O) groups excluding carboxylic acids is 2. The normalized spacial score (nSPS) is 32.6. The minimum Gasteiger partial charge on any atom is -0.371 e. The van der Waals surface area contributed by atoms with Crippen LogP contribution in [0.2, 0.25) is 0 Å². The lowest BCUT2D eigenvalue weighted by atomic mass is 9.64. The van der Waals surface area contributed by atoms with Crippen molar-refractivity contribution in [2.24, 2.45) is 11.3 Å². The summed E-state index contributed by atoms with van der Waals surface area (Å²) >= 11 is 0. The van der Waals surface area contributed by atoms with Crippen LogP contribution in [0.1, 0.15) is 51.7 Å². The molecule has 2 saturated heterocycles. The van der Waals surface area contributed by atoms with Gasteiger partial charge in [0.2, 0.25) is 0 Å². The highest BCUT2D eigenvalue weighted by molar-refractivity contribution is 6.07. The van der Waals surface area contributed by atoms with E-state index in [9.17, 15) is 14.0 Å². The number of carbonyl (C=O) groups is 2. The molecule has 3 fully saturated rings. The van der Waals surface area contributed by atoms with Gasteiger partial charge in [0.05, 0.1) is 19.4 Å². The van der Waals surface area contributed by atoms with Gasteiger partial charge in [-0.05, 0) is 48.3 Å². The third kappa shape index (κ3) is 4.03. The van der Waals surface area contributed by atoms with E-state index in [1.165, 1.54) is 17.0 Å². The third-order valence-corrected chi connectivity index (χ3v) is 6.36. The van der Waals surface area contributed by atoms with Gasteiger partial charge in [0, 0.05) is 13.1 Å². The van der Waals surface area contributed by atoms with Crippen LogP contribution < -0.4 is 5.32 Å². The van der Waals surface area contributed by atoms with E-state index in [-0.39, 0.29) is 35.9 Å². The molecule has 4 rings (SSSR count). The average Bonchev–Trinajstić information content (AvgIpc) is 2.84. The molecule has 2 heterocycles. The summed E-state index contributed by atoms with van der Waals surface area (Å²) in [6.07, 6.45) is 2.22. The lowest BCUT2D eigenvalue weighted by Crippen LogP contribution is -2.54. The van der Waals surface area contributed by atoms with Gasteiger partial charge in [-0.15, -0.1) is 0 Å². The minimum atomic E-state index is -0.777. The van der Waals surface area contributed by atoms with Crippen molar-refractivity contribution in [3.63, 3.8) is 0 Å². The van der Waals surface area contributed by atoms with Gasteiger partial charge in [-0.2, -0.15) is 0 Å². The Morgan fingerprint density at radius 2 is 1.93 bits per heavy atom. The summed E-state index contributed by atoms with van der Waals surface area (Å²) in [5.41, 5.74) is 0.136. The number of ether oxygens (including phenoxy) is 1. The second-order valence-electron chi connectivity index (χ2n) is 9.73. The van der Waals surface area contributed by atoms with E-state index in [2.05, 4.69) is 31.0 Å². The van der Waals surface area contributed by atoms with Crippen LogP contribution in [0.15, 0.2) is 24.3 Å². The molecule has 6 nitrogen and oxygen atoms in total. The molecular formula is C22H30FN3O3. The Labute approximate surface area is 171 Å². The number of nitrogens with one attached hydrogen (secondary N) is 1. The molecule has 158 valence electrons. The zero-order valence-corrected chi connectivity index (χ0v) is 17.4. The van der Waals surface area contributed by atoms with Crippen LogP contribution in [0.4, 0.5) is 9.18 Å². The maximum atomic E-state index is 13.3. The van der Waals surface area contributed by atoms with Crippen molar-refractivity contribution in [1.82, 2.24) is 15.1 Å². The molecule has 1 aromatic carbocycles. The predicted molar refractivity (Wildman–Crippen MR) is 106 cm³/mol. The molecule has 1 N–H and O–H groups in total. The van der Waals surface area contributed by atoms with E-state index in [1.54, 1.807) is 12.1 Å². The molecule has 0 bridgehead atoms. The number of imide groups is 1. The first-order chi connectivity index (χ1) is 13.7. The van der Waals surface area contributed by atoms with Gasteiger partial charge in [0.1, 0.15) is 11.4 Å². The van der Waals surface area contributed by atoms with Crippen LogP contribution in [-0.4, -0.2) is 53.6 Å². The molecule has 1 aliphatic carbocycles. The molecule has 0 radical (unpaired) electrons. The summed E-state index contributed by atoms with van der Waals surface area (Å²) in [7, 11) is 0. The molecule has 2 aliphatic heterocycles. The number of urea groups is 1. The molecule has 3 atom stereocenters. The summed E-state index contributed by atoms with van der Waals surface area (Å²) in [6, 6.07) is 5.98. The zero-order chi connectivity index (χ0) is 20.8. The van der Waals surface area contributed by atoms with Gasteiger partial charge < -0.3 is 10.1 Å². The fourth-order valence-corrected chi connectivity index (χ4v) is 5.54. The van der Waals surface area contributed by atoms with Crippen molar-refractivity contribution in [3.8, 4) is 0 Å². The Hall–Kier alpha value is -1.99. The lowest BCUT2D eigenvalue weighted by Gasteiger charge is -2.44. The highest BCUT2D eigenvalue weighted by atomic mass is 19.1. The fraction of sp³-hybridized carbons (Fsp3) is 0.636. The summed E-state index contributed by atoms with van der Waals surface area (Å²) < 4.78 is 19.0. The molecule has 3 aliphatic rings. The van der Waals surface area contributed by atoms with Gasteiger partial charge >= 0.3 is 6.03 Å². The fourth-order valence-electron chi connectivity index (χ4n) is 5.54. The van der Waals surface area contributed by atoms with Crippen LogP contribution in [0.3, 0.4) is 0 Å². The maximum absolute atomic E-state index is 13.3. The standard InChI is InChI=1S/C22H30FN3O3/c1-15-10-21(2,3)13-22(11-15)19(27)26(20(28)24-22)14-25-8-9-29-18(12-25)16-4-6-17(23)7-5-16/h4-7,15,18H,8-14H2,1-3H3,(H,24,28). The summed E-state index contributed by atoms with van der Waals surface area (Å²) in [6.45, 7) is 8.44. The van der Waals surface area contributed by atoms with Crippen molar-refractivity contribution >= 4 is 11.9 Å². The first kappa shape index (κ1) is 20.3. The molecular weight excluding hydrogens is 373 g/mol. The topological polar surface area (TPSA) is 61.9 Å². The molecule has 1 aromatic rings. The molecule has 1 saturated carbocycles. The Bertz CT molecular complexity index is 797. The Balaban J connectivity index is 1.46. The molecule has 1 spiro atoms. The van der Waals surface area contributed by atoms with E-state index in [0.29, 0.717) is 38.5 Å². The first-order valence-electron chi connectivity index (χ1n) is 10.4. The summed E-state index contributed by atoms with van der Waals surface area (Å²) in [5.74, 6) is -0.00294. The minimum absolute atomic E-state index is 0.0171. The summed E-state index contributed by atoms with van der Waals surface area (Å²) in [4.78, 5) is 29.5. The molecule has 29 heavy (non-hydrogen) atoms. The second-order valence-corrected chi connectivity index (χ2v) is 9.73. The molecule has 0 aromatic heterocycles. The molecule has 7 heteroatoms. The smallest absolute Gasteiger partial charge is 0.326 e. The van der Waals surface area contributed by atoms with Crippen LogP contribution in [0.25, 0.3) is 0 Å². The number of hydrogen-bond donors (Lipinski definition) is 1. The largest absolute Gasteiger partial charge is 0.371 e. The average molecular weight is 403 g/mol. The number of benzene rings is 1. The van der Waals surface area contributed by atoms with Crippen LogP contribution in [-0.2, 0) is 9.53 Å². The van der Waals surface area contributed by atoms with Crippen molar-refractivity contribution < 1.29 is 18.7 Å². The van der Waals surface area contributed by atoms with E-state index >= 15 is 0 Å². The molecule has 3 amide bonds. The van der Waals surface area contributed by atoms with Gasteiger partial charge in [-0.1, -0.05) is 32.9 Å². The second kappa shape index (κ2) is 7.36. The van der Waals surface area contributed by atoms with Crippen molar-refractivity contribution in [1.29, 1.82) is 0 Å². The van der Waals surface area contributed by atoms with Crippen molar-refractivity contribution in [2.45, 2.75) is 51.7 Å². The number of hydrogen-bond acceptors (Lipinski definition) is 4. The van der Waals surface area contributed by atoms with Gasteiger partial charge in [-0.3, -0.25) is 9.69 Å². The van der Waals surface area contributed by atoms with Gasteiger partial charge in [-0.25, -0.2) is 14.1 Å². The Kier molecular flexibility index (Phi) is 5.15. The van der Waals surface area contributed by atoms with Gasteiger partial charge in [0.25, 0.3) is 5.91 Å². The Morgan fingerprint density at radius 1 is 1.21 bits per heavy atom. The highest BCUT2D eigenvalue weighted by Crippen LogP contribution is 2.46. The number of rotatable bonds is 3. The van der Waals surface area contributed by atoms with Crippen LogP contribution >= 0.6 is 0 Å². The number of morpholine rings is 1. The van der Waals surface area contributed by atoms with E-state index in [4.69, 9.17) is 4.74 Å².